The highest BCUT2D eigenvalue weighted by Gasteiger charge is 2.26. The lowest BCUT2D eigenvalue weighted by Crippen LogP contribution is -2.29. The average molecular weight is 1350 g/mol. The Morgan fingerprint density at radius 3 is 0.863 bits per heavy atom. The lowest BCUT2D eigenvalue weighted by Gasteiger charge is -2.19. The van der Waals surface area contributed by atoms with Crippen molar-refractivity contribution < 1.29 is 37.6 Å². The Morgan fingerprint density at radius 1 is 0.326 bits per heavy atom. The summed E-state index contributed by atoms with van der Waals surface area (Å²) >= 11 is 0. The summed E-state index contributed by atoms with van der Waals surface area (Å²) in [4.78, 5) is 35.4. The summed E-state index contributed by atoms with van der Waals surface area (Å²) in [6.07, 6.45) is 112. The zero-order chi connectivity index (χ0) is 68.6. The summed E-state index contributed by atoms with van der Waals surface area (Å²) in [5.74, 6) is -0.837. The topological polar surface area (TPSA) is 134 Å². The van der Waals surface area contributed by atoms with Crippen LogP contribution < -0.4 is 5.73 Å². The summed E-state index contributed by atoms with van der Waals surface area (Å²) in [6, 6.07) is 0. The van der Waals surface area contributed by atoms with Crippen LogP contribution in [0.3, 0.4) is 0 Å². The van der Waals surface area contributed by atoms with Crippen molar-refractivity contribution in [2.24, 2.45) is 5.73 Å². The molecule has 0 amide bonds. The highest BCUT2D eigenvalue weighted by molar-refractivity contribution is 7.47. The first kappa shape index (κ1) is 91.4. The van der Waals surface area contributed by atoms with Gasteiger partial charge < -0.3 is 20.1 Å². The van der Waals surface area contributed by atoms with Gasteiger partial charge in [-0.1, -0.05) is 392 Å². The van der Waals surface area contributed by atoms with Crippen molar-refractivity contribution in [2.45, 2.75) is 380 Å². The maximum atomic E-state index is 12.8. The van der Waals surface area contributed by atoms with Gasteiger partial charge >= 0.3 is 19.8 Å². The largest absolute Gasteiger partial charge is 0.472 e. The summed E-state index contributed by atoms with van der Waals surface area (Å²) in [5.41, 5.74) is 5.41. The third-order valence-electron chi connectivity index (χ3n) is 17.4. The molecule has 95 heavy (non-hydrogen) atoms. The average Bonchev–Trinajstić information content (AvgIpc) is 2.64. The Labute approximate surface area is 587 Å². The Balaban J connectivity index is 3.87. The molecule has 0 saturated carbocycles. The number of phosphoric acid groups is 1. The van der Waals surface area contributed by atoms with E-state index in [1.54, 1.807) is 0 Å². The second-order valence-corrected chi connectivity index (χ2v) is 28.0. The normalized spacial score (nSPS) is 13.5. The summed E-state index contributed by atoms with van der Waals surface area (Å²) < 4.78 is 33.2. The molecule has 0 aromatic heterocycles. The second kappa shape index (κ2) is 79.4. The van der Waals surface area contributed by atoms with E-state index in [2.05, 4.69) is 135 Å². The number of carbonyl (C=O) groups is 2. The SMILES string of the molecule is CC/C=C\C/C=C\C/C=C\C/C=C\C/C=C\C/C=C\C/C=C\C/C=C\C/C=C\C/C=C\CCCCCCCCC(=O)OC(COC(=O)CCCCCCCCCCCCCCCCCCCCCCCCCCCCCCCCCCCCCCC)COP(=O)(O)OCCN. The van der Waals surface area contributed by atoms with Crippen LogP contribution >= 0.6 is 7.82 Å². The smallest absolute Gasteiger partial charge is 0.462 e. The molecular weight excluding hydrogens is 1190 g/mol. The molecule has 0 bridgehead atoms. The Bertz CT molecular complexity index is 1980. The number of phosphoric ester groups is 1. The van der Waals surface area contributed by atoms with Gasteiger partial charge in [0.25, 0.3) is 0 Å². The van der Waals surface area contributed by atoms with Gasteiger partial charge in [-0.25, -0.2) is 4.57 Å². The van der Waals surface area contributed by atoms with Crippen LogP contribution in [0.4, 0.5) is 0 Å². The Morgan fingerprint density at radius 2 is 0.579 bits per heavy atom. The molecule has 2 atom stereocenters. The quantitative estimate of drug-likeness (QED) is 0.0264. The van der Waals surface area contributed by atoms with Crippen molar-refractivity contribution in [1.29, 1.82) is 0 Å². The molecule has 0 aromatic rings. The van der Waals surface area contributed by atoms with Crippen LogP contribution in [0.1, 0.15) is 373 Å². The van der Waals surface area contributed by atoms with E-state index in [1.807, 2.05) is 0 Å². The molecule has 0 aliphatic carbocycles. The molecule has 0 aliphatic heterocycles. The molecule has 0 aromatic carbocycles. The van der Waals surface area contributed by atoms with E-state index >= 15 is 0 Å². The predicted molar refractivity (Wildman–Crippen MR) is 413 cm³/mol. The van der Waals surface area contributed by atoms with E-state index in [9.17, 15) is 19.0 Å². The third kappa shape index (κ3) is 79.3. The van der Waals surface area contributed by atoms with Crippen molar-refractivity contribution in [3.63, 3.8) is 0 Å². The fourth-order valence-corrected chi connectivity index (χ4v) is 12.3. The maximum Gasteiger partial charge on any atom is 0.472 e. The lowest BCUT2D eigenvalue weighted by atomic mass is 10.0. The standard InChI is InChI=1S/C85H150NO8P/c1-3-5-7-9-11-13-15-17-19-21-23-25-27-29-31-33-35-37-39-41-43-45-47-49-51-53-55-57-59-61-63-65-67-69-71-73-75-77-84(87)91-81-83(82-93-95(89,90)92-80-79-86)94-85(88)78-76-74-72-70-68-66-64-62-60-58-56-54-52-50-48-46-44-42-40-38-36-34-32-30-28-26-24-22-20-18-16-14-12-10-8-6-4-2/h6,8,12,14,18,20,24,26,30,32,36,38,42,44,48,50,54,56,60,62,83H,3-5,7,9-11,13,15-17,19,21-23,25,27-29,31,33-35,37,39-41,43,45-47,49,51-53,55,57-59,61,63-82,86H2,1-2H3,(H,89,90)/b8-6-,14-12-,20-18-,26-24-,32-30-,38-36-,44-42-,50-48-,56-54-,62-60-. The number of hydrogen-bond donors (Lipinski definition) is 2. The van der Waals surface area contributed by atoms with Crippen LogP contribution in [-0.2, 0) is 32.7 Å². The van der Waals surface area contributed by atoms with Gasteiger partial charge in [-0.3, -0.25) is 18.6 Å². The third-order valence-corrected chi connectivity index (χ3v) is 18.3. The van der Waals surface area contributed by atoms with Crippen LogP contribution in [0.5, 0.6) is 0 Å². The number of hydrogen-bond acceptors (Lipinski definition) is 8. The predicted octanol–water partition coefficient (Wildman–Crippen LogP) is 27.0. The van der Waals surface area contributed by atoms with Crippen molar-refractivity contribution in [2.75, 3.05) is 26.4 Å². The monoisotopic (exact) mass is 1340 g/mol. The number of esters is 2. The number of allylic oxidation sites excluding steroid dienone is 20. The first-order valence-corrected chi connectivity index (χ1v) is 41.5. The first-order chi connectivity index (χ1) is 46.8. The lowest BCUT2D eigenvalue weighted by molar-refractivity contribution is -0.161. The van der Waals surface area contributed by atoms with Crippen LogP contribution in [0.15, 0.2) is 122 Å². The van der Waals surface area contributed by atoms with Gasteiger partial charge in [0, 0.05) is 19.4 Å². The Hall–Kier alpha value is -3.59. The molecule has 3 N–H and O–H groups in total. The minimum atomic E-state index is -4.41. The van der Waals surface area contributed by atoms with Crippen LogP contribution in [0.25, 0.3) is 0 Å². The van der Waals surface area contributed by atoms with E-state index in [-0.39, 0.29) is 38.6 Å². The van der Waals surface area contributed by atoms with Crippen molar-refractivity contribution in [3.05, 3.63) is 122 Å². The molecule has 548 valence electrons. The van der Waals surface area contributed by atoms with Gasteiger partial charge in [-0.05, 0) is 89.9 Å². The minimum absolute atomic E-state index is 0.0466. The van der Waals surface area contributed by atoms with Crippen molar-refractivity contribution in [3.8, 4) is 0 Å². The number of carbonyl (C=O) groups excluding carboxylic acids is 2. The maximum absolute atomic E-state index is 12.8. The van der Waals surface area contributed by atoms with Gasteiger partial charge in [0.1, 0.15) is 6.61 Å². The molecule has 0 radical (unpaired) electrons. The zero-order valence-electron chi connectivity index (χ0n) is 61.9. The molecule has 9 nitrogen and oxygen atoms in total. The molecule has 0 fully saturated rings. The summed E-state index contributed by atoms with van der Waals surface area (Å²) in [5, 5.41) is 0. The second-order valence-electron chi connectivity index (χ2n) is 26.6. The molecule has 2 unspecified atom stereocenters. The van der Waals surface area contributed by atoms with Crippen molar-refractivity contribution in [1.82, 2.24) is 0 Å². The molecule has 0 spiro atoms. The van der Waals surface area contributed by atoms with Crippen LogP contribution in [0.2, 0.25) is 0 Å². The van der Waals surface area contributed by atoms with Gasteiger partial charge in [0.15, 0.2) is 6.10 Å². The highest BCUT2D eigenvalue weighted by Crippen LogP contribution is 2.43. The van der Waals surface area contributed by atoms with Crippen LogP contribution in [-0.4, -0.2) is 49.3 Å². The summed E-state index contributed by atoms with van der Waals surface area (Å²) in [6.45, 7) is 3.66. The Kier molecular flexibility index (Phi) is 76.4. The number of rotatable bonds is 75. The summed E-state index contributed by atoms with van der Waals surface area (Å²) in [7, 11) is -4.41. The van der Waals surface area contributed by atoms with Crippen LogP contribution in [0, 0.1) is 0 Å². The number of ether oxygens (including phenoxy) is 2. The van der Waals surface area contributed by atoms with Crippen molar-refractivity contribution >= 4 is 19.8 Å². The van der Waals surface area contributed by atoms with Gasteiger partial charge in [0.2, 0.25) is 0 Å². The fourth-order valence-electron chi connectivity index (χ4n) is 11.5. The van der Waals surface area contributed by atoms with E-state index in [1.165, 1.54) is 218 Å². The molecule has 0 saturated heterocycles. The van der Waals surface area contributed by atoms with E-state index in [0.29, 0.717) is 6.42 Å². The first-order valence-electron chi connectivity index (χ1n) is 40.0. The van der Waals surface area contributed by atoms with E-state index in [0.717, 1.165) is 122 Å². The molecule has 10 heteroatoms. The highest BCUT2D eigenvalue weighted by atomic mass is 31.2. The molecule has 0 heterocycles. The molecular formula is C85H150NO8P. The minimum Gasteiger partial charge on any atom is -0.462 e. The van der Waals surface area contributed by atoms with Gasteiger partial charge in [0.05, 0.1) is 13.2 Å². The zero-order valence-corrected chi connectivity index (χ0v) is 62.8. The number of nitrogens with two attached hydrogens (primary N) is 1. The van der Waals surface area contributed by atoms with E-state index in [4.69, 9.17) is 24.3 Å². The fraction of sp³-hybridized carbons (Fsp3) is 0.741. The molecule has 0 rings (SSSR count). The van der Waals surface area contributed by atoms with Gasteiger partial charge in [-0.15, -0.1) is 0 Å². The molecule has 0 aliphatic rings. The van der Waals surface area contributed by atoms with E-state index < -0.39 is 26.5 Å². The van der Waals surface area contributed by atoms with Gasteiger partial charge in [-0.2, -0.15) is 0 Å². The number of unbranched alkanes of at least 4 members (excludes halogenated alkanes) is 42.